The molecule has 3 heterocycles. The number of nitrogens with one attached hydrogen (secondary N) is 1. The number of rotatable bonds is 7. The summed E-state index contributed by atoms with van der Waals surface area (Å²) < 4.78 is 10.6. The molecule has 2 amide bonds. The van der Waals surface area contributed by atoms with Crippen LogP contribution in [0.25, 0.3) is 11.4 Å². The second-order valence-electron chi connectivity index (χ2n) is 6.59. The molecule has 1 N–H and O–H groups in total. The molecular weight excluding hydrogens is 348 g/mol. The topological polar surface area (TPSA) is 96.6 Å². The minimum Gasteiger partial charge on any atom is -0.379 e. The fourth-order valence-electron chi connectivity index (χ4n) is 2.84. The molecule has 1 atom stereocenters. The quantitative estimate of drug-likeness (QED) is 0.785. The molecule has 0 aliphatic carbocycles. The van der Waals surface area contributed by atoms with Gasteiger partial charge in [0, 0.05) is 51.2 Å². The molecule has 9 heteroatoms. The van der Waals surface area contributed by atoms with Gasteiger partial charge in [-0.25, -0.2) is 4.79 Å². The first-order valence-corrected chi connectivity index (χ1v) is 9.19. The molecule has 1 fully saturated rings. The van der Waals surface area contributed by atoms with E-state index in [0.717, 1.165) is 44.8 Å². The summed E-state index contributed by atoms with van der Waals surface area (Å²) in [6, 6.07) is 3.08. The van der Waals surface area contributed by atoms with Crippen molar-refractivity contribution in [1.29, 1.82) is 0 Å². The second-order valence-corrected chi connectivity index (χ2v) is 6.59. The van der Waals surface area contributed by atoms with Gasteiger partial charge in [0.2, 0.25) is 11.7 Å². The summed E-state index contributed by atoms with van der Waals surface area (Å²) in [5.41, 5.74) is 0.818. The van der Waals surface area contributed by atoms with Crippen LogP contribution in [0.5, 0.6) is 0 Å². The Kier molecular flexibility index (Phi) is 6.72. The number of hydrogen-bond acceptors (Lipinski definition) is 7. The molecule has 2 aromatic rings. The Balaban J connectivity index is 1.44. The molecule has 0 radical (unpaired) electrons. The highest BCUT2D eigenvalue weighted by Gasteiger charge is 2.19. The zero-order chi connectivity index (χ0) is 19.1. The zero-order valence-corrected chi connectivity index (χ0v) is 15.8. The van der Waals surface area contributed by atoms with Gasteiger partial charge in [-0.2, -0.15) is 4.98 Å². The highest BCUT2D eigenvalue weighted by atomic mass is 16.5. The molecule has 0 bridgehead atoms. The van der Waals surface area contributed by atoms with Crippen LogP contribution in [0.3, 0.4) is 0 Å². The number of urea groups is 1. The molecule has 9 nitrogen and oxygen atoms in total. The number of nitrogens with zero attached hydrogens (tertiary/aromatic N) is 5. The van der Waals surface area contributed by atoms with Crippen molar-refractivity contribution in [1.82, 2.24) is 30.2 Å². The molecule has 3 rings (SSSR count). The van der Waals surface area contributed by atoms with Crippen LogP contribution < -0.4 is 5.32 Å². The highest BCUT2D eigenvalue weighted by molar-refractivity contribution is 5.74. The average molecular weight is 374 g/mol. The summed E-state index contributed by atoms with van der Waals surface area (Å²) in [6.07, 6.45) is 4.26. The van der Waals surface area contributed by atoms with Gasteiger partial charge in [-0.3, -0.25) is 9.88 Å². The van der Waals surface area contributed by atoms with E-state index in [4.69, 9.17) is 9.26 Å². The highest BCUT2D eigenvalue weighted by Crippen LogP contribution is 2.17. The smallest absolute Gasteiger partial charge is 0.317 e. The summed E-state index contributed by atoms with van der Waals surface area (Å²) in [4.78, 5) is 24.7. The van der Waals surface area contributed by atoms with Crippen molar-refractivity contribution < 1.29 is 14.1 Å². The van der Waals surface area contributed by atoms with E-state index in [1.807, 2.05) is 6.92 Å². The number of ether oxygens (including phenoxy) is 1. The van der Waals surface area contributed by atoms with E-state index in [2.05, 4.69) is 25.3 Å². The van der Waals surface area contributed by atoms with E-state index in [1.54, 1.807) is 36.5 Å². The van der Waals surface area contributed by atoms with E-state index >= 15 is 0 Å². The number of morpholine rings is 1. The van der Waals surface area contributed by atoms with E-state index in [-0.39, 0.29) is 12.1 Å². The van der Waals surface area contributed by atoms with Gasteiger partial charge in [0.05, 0.1) is 13.2 Å². The third-order valence-corrected chi connectivity index (χ3v) is 4.51. The Morgan fingerprint density at radius 2 is 2.07 bits per heavy atom. The zero-order valence-electron chi connectivity index (χ0n) is 15.8. The van der Waals surface area contributed by atoms with Crippen molar-refractivity contribution in [3.63, 3.8) is 0 Å². The Morgan fingerprint density at radius 3 is 2.81 bits per heavy atom. The lowest BCUT2D eigenvalue weighted by Crippen LogP contribution is -2.41. The SMILES string of the molecule is CC(NC(=O)N(C)CCCN1CCOCC1)c1nc(-c2ccncc2)no1. The van der Waals surface area contributed by atoms with Crippen LogP contribution in [0, 0.1) is 0 Å². The first kappa shape index (κ1) is 19.2. The third kappa shape index (κ3) is 5.48. The number of amides is 2. The van der Waals surface area contributed by atoms with Gasteiger partial charge in [0.1, 0.15) is 6.04 Å². The molecule has 1 unspecified atom stereocenters. The molecule has 1 saturated heterocycles. The molecule has 1 aliphatic heterocycles. The minimum absolute atomic E-state index is 0.159. The first-order valence-electron chi connectivity index (χ1n) is 9.19. The molecule has 0 saturated carbocycles. The number of carbonyl (C=O) groups is 1. The molecular formula is C18H26N6O3. The molecule has 27 heavy (non-hydrogen) atoms. The number of carbonyl (C=O) groups excluding carboxylic acids is 1. The van der Waals surface area contributed by atoms with Crippen LogP contribution >= 0.6 is 0 Å². The summed E-state index contributed by atoms with van der Waals surface area (Å²) in [6.45, 7) is 6.98. The van der Waals surface area contributed by atoms with Gasteiger partial charge in [0.25, 0.3) is 0 Å². The van der Waals surface area contributed by atoms with Crippen LogP contribution in [0.2, 0.25) is 0 Å². The van der Waals surface area contributed by atoms with Crippen LogP contribution in [-0.2, 0) is 4.74 Å². The largest absolute Gasteiger partial charge is 0.379 e. The number of hydrogen-bond donors (Lipinski definition) is 1. The molecule has 146 valence electrons. The van der Waals surface area contributed by atoms with Gasteiger partial charge in [-0.15, -0.1) is 0 Å². The fourth-order valence-corrected chi connectivity index (χ4v) is 2.84. The maximum absolute atomic E-state index is 12.4. The van der Waals surface area contributed by atoms with Crippen molar-refractivity contribution in [2.24, 2.45) is 0 Å². The Hall–Kier alpha value is -2.52. The molecule has 2 aromatic heterocycles. The predicted molar refractivity (Wildman–Crippen MR) is 99.0 cm³/mol. The van der Waals surface area contributed by atoms with Gasteiger partial charge in [-0.05, 0) is 25.5 Å². The Bertz CT molecular complexity index is 717. The standard InChI is InChI=1S/C18H26N6O3/c1-14(17-21-16(22-27-17)15-4-6-19-7-5-15)20-18(25)23(2)8-3-9-24-10-12-26-13-11-24/h4-7,14H,3,8-13H2,1-2H3,(H,20,25). The maximum Gasteiger partial charge on any atom is 0.317 e. The van der Waals surface area contributed by atoms with Gasteiger partial charge in [0.15, 0.2) is 0 Å². The normalized spacial score (nSPS) is 16.1. The lowest BCUT2D eigenvalue weighted by atomic mass is 10.2. The van der Waals surface area contributed by atoms with Crippen LogP contribution in [0.4, 0.5) is 4.79 Å². The van der Waals surface area contributed by atoms with Gasteiger partial charge >= 0.3 is 6.03 Å². The van der Waals surface area contributed by atoms with Crippen molar-refractivity contribution in [2.75, 3.05) is 46.4 Å². The monoisotopic (exact) mass is 374 g/mol. The summed E-state index contributed by atoms with van der Waals surface area (Å²) in [7, 11) is 1.79. The van der Waals surface area contributed by atoms with Gasteiger partial charge < -0.3 is 19.5 Å². The molecule has 0 spiro atoms. The fraction of sp³-hybridized carbons (Fsp3) is 0.556. The summed E-state index contributed by atoms with van der Waals surface area (Å²) in [5, 5.41) is 6.86. The molecule has 1 aliphatic rings. The minimum atomic E-state index is -0.373. The second kappa shape index (κ2) is 9.43. The molecule has 0 aromatic carbocycles. The van der Waals surface area contributed by atoms with Crippen LogP contribution in [0.15, 0.2) is 29.0 Å². The maximum atomic E-state index is 12.4. The lowest BCUT2D eigenvalue weighted by molar-refractivity contribution is 0.0367. The van der Waals surface area contributed by atoms with E-state index in [1.165, 1.54) is 0 Å². The Labute approximate surface area is 158 Å². The third-order valence-electron chi connectivity index (χ3n) is 4.51. The predicted octanol–water partition coefficient (Wildman–Crippen LogP) is 1.56. The Morgan fingerprint density at radius 1 is 1.33 bits per heavy atom. The average Bonchev–Trinajstić information content (AvgIpc) is 3.20. The van der Waals surface area contributed by atoms with Crippen LogP contribution in [0.1, 0.15) is 25.3 Å². The lowest BCUT2D eigenvalue weighted by Gasteiger charge is -2.27. The van der Waals surface area contributed by atoms with E-state index < -0.39 is 0 Å². The van der Waals surface area contributed by atoms with Crippen molar-refractivity contribution in [2.45, 2.75) is 19.4 Å². The van der Waals surface area contributed by atoms with Crippen molar-refractivity contribution in [3.05, 3.63) is 30.4 Å². The number of pyridine rings is 1. The summed E-state index contributed by atoms with van der Waals surface area (Å²) >= 11 is 0. The first-order chi connectivity index (χ1) is 13.1. The van der Waals surface area contributed by atoms with E-state index in [9.17, 15) is 4.79 Å². The van der Waals surface area contributed by atoms with Crippen LogP contribution in [-0.4, -0.2) is 77.4 Å². The summed E-state index contributed by atoms with van der Waals surface area (Å²) in [5.74, 6) is 0.851. The van der Waals surface area contributed by atoms with Gasteiger partial charge in [-0.1, -0.05) is 5.16 Å². The van der Waals surface area contributed by atoms with Crippen molar-refractivity contribution >= 4 is 6.03 Å². The van der Waals surface area contributed by atoms with Crippen molar-refractivity contribution in [3.8, 4) is 11.4 Å². The van der Waals surface area contributed by atoms with E-state index in [0.29, 0.717) is 18.3 Å². The number of aromatic nitrogens is 3.